The third-order valence-electron chi connectivity index (χ3n) is 6.55. The Hall–Kier alpha value is -0.290. The van der Waals surface area contributed by atoms with Crippen molar-refractivity contribution in [1.82, 2.24) is 0 Å². The van der Waals surface area contributed by atoms with E-state index in [4.69, 9.17) is 9.47 Å². The van der Waals surface area contributed by atoms with Gasteiger partial charge in [0.05, 0.1) is 6.10 Å². The minimum Gasteiger partial charge on any atom is -0.465 e. The van der Waals surface area contributed by atoms with Crippen LogP contribution in [0.3, 0.4) is 0 Å². The van der Waals surface area contributed by atoms with E-state index in [2.05, 4.69) is 60.7 Å². The van der Waals surface area contributed by atoms with Crippen LogP contribution in [0.2, 0.25) is 0 Å². The maximum Gasteiger partial charge on any atom is 0.202 e. The zero-order chi connectivity index (χ0) is 16.7. The molecule has 3 saturated carbocycles. The van der Waals surface area contributed by atoms with E-state index in [1.165, 1.54) is 37.7 Å². The summed E-state index contributed by atoms with van der Waals surface area (Å²) in [6.07, 6.45) is 7.35. The van der Waals surface area contributed by atoms with Crippen LogP contribution in [0.4, 0.5) is 0 Å². The number of benzene rings is 1. The van der Waals surface area contributed by atoms with E-state index in [-0.39, 0.29) is 6.29 Å². The highest BCUT2D eigenvalue weighted by Crippen LogP contribution is 2.59. The summed E-state index contributed by atoms with van der Waals surface area (Å²) in [4.78, 5) is 0. The fourth-order valence-electron chi connectivity index (χ4n) is 5.45. The molecule has 0 N–H and O–H groups in total. The van der Waals surface area contributed by atoms with Gasteiger partial charge in [0.15, 0.2) is 0 Å². The van der Waals surface area contributed by atoms with Crippen molar-refractivity contribution in [1.29, 1.82) is 0 Å². The lowest BCUT2D eigenvalue weighted by Crippen LogP contribution is -2.37. The predicted octanol–water partition coefficient (Wildman–Crippen LogP) is 5.82. The Labute approximate surface area is 159 Å². The molecule has 3 aliphatic carbocycles. The maximum absolute atomic E-state index is 6.55. The summed E-state index contributed by atoms with van der Waals surface area (Å²) < 4.78 is 13.8. The lowest BCUT2D eigenvalue weighted by Gasteiger charge is -2.35. The summed E-state index contributed by atoms with van der Waals surface area (Å²) in [5, 5.41) is 0. The Bertz CT molecular complexity index is 555. The highest BCUT2D eigenvalue weighted by Gasteiger charge is 2.54. The van der Waals surface area contributed by atoms with Crippen molar-refractivity contribution in [2.75, 3.05) is 0 Å². The van der Waals surface area contributed by atoms with E-state index >= 15 is 0 Å². The molecular weight excluding hydrogens is 411 g/mol. The summed E-state index contributed by atoms with van der Waals surface area (Å²) in [5.74, 6) is 5.01. The molecule has 2 bridgehead atoms. The summed E-state index contributed by atoms with van der Waals surface area (Å²) in [5.41, 5.74) is 1.34. The van der Waals surface area contributed by atoms with Crippen molar-refractivity contribution in [3.05, 3.63) is 29.8 Å². The number of alkyl halides is 1. The van der Waals surface area contributed by atoms with Crippen LogP contribution < -0.4 is 4.74 Å². The number of fused-ring (bicyclic) bond motifs is 5. The van der Waals surface area contributed by atoms with Crippen LogP contribution in [0.5, 0.6) is 5.75 Å². The second-order valence-electron chi connectivity index (χ2n) is 8.34. The van der Waals surface area contributed by atoms with E-state index < -0.39 is 0 Å². The smallest absolute Gasteiger partial charge is 0.202 e. The van der Waals surface area contributed by atoms with Gasteiger partial charge in [-0.2, -0.15) is 0 Å². The average Bonchev–Trinajstić information content (AvgIpc) is 3.27. The fraction of sp³-hybridized carbons (Fsp3) is 0.714. The maximum atomic E-state index is 6.55. The van der Waals surface area contributed by atoms with Gasteiger partial charge in [-0.1, -0.05) is 55.0 Å². The second-order valence-corrected chi connectivity index (χ2v) is 9.10. The third kappa shape index (κ3) is 3.23. The van der Waals surface area contributed by atoms with Gasteiger partial charge in [0.25, 0.3) is 0 Å². The van der Waals surface area contributed by atoms with Crippen molar-refractivity contribution in [3.8, 4) is 5.75 Å². The van der Waals surface area contributed by atoms with Crippen LogP contribution in [0.15, 0.2) is 24.3 Å². The zero-order valence-electron chi connectivity index (χ0n) is 14.8. The summed E-state index contributed by atoms with van der Waals surface area (Å²) in [6.45, 7) is 4.41. The molecule has 0 radical (unpaired) electrons. The fourth-order valence-corrected chi connectivity index (χ4v) is 5.95. The van der Waals surface area contributed by atoms with Gasteiger partial charge < -0.3 is 9.47 Å². The molecule has 0 amide bonds. The molecular formula is C21H29IO2. The molecule has 6 atom stereocenters. The highest BCUT2D eigenvalue weighted by molar-refractivity contribution is 14.1. The third-order valence-corrected chi connectivity index (χ3v) is 7.43. The Morgan fingerprint density at radius 1 is 1.04 bits per heavy atom. The highest BCUT2D eigenvalue weighted by atomic mass is 127. The van der Waals surface area contributed by atoms with Crippen LogP contribution in [-0.4, -0.2) is 12.4 Å². The number of halogens is 1. The van der Waals surface area contributed by atoms with E-state index in [1.807, 2.05) is 0 Å². The van der Waals surface area contributed by atoms with Crippen molar-refractivity contribution in [2.45, 2.75) is 62.8 Å². The zero-order valence-corrected chi connectivity index (χ0v) is 16.9. The molecule has 0 heterocycles. The topological polar surface area (TPSA) is 18.5 Å². The number of hydrogen-bond acceptors (Lipinski definition) is 2. The molecule has 3 fully saturated rings. The number of ether oxygens (including phenoxy) is 2. The van der Waals surface area contributed by atoms with Gasteiger partial charge in [0.2, 0.25) is 6.29 Å². The minimum absolute atomic E-state index is 0.125. The second kappa shape index (κ2) is 7.14. The van der Waals surface area contributed by atoms with Gasteiger partial charge in [0, 0.05) is 10.3 Å². The first-order valence-electron chi connectivity index (χ1n) is 9.62. The minimum atomic E-state index is -0.125. The molecule has 0 aliphatic heterocycles. The van der Waals surface area contributed by atoms with E-state index in [9.17, 15) is 0 Å². The lowest BCUT2D eigenvalue weighted by molar-refractivity contribution is -0.162. The first-order valence-corrected chi connectivity index (χ1v) is 11.1. The molecule has 0 aromatic heterocycles. The van der Waals surface area contributed by atoms with Crippen LogP contribution in [0, 0.1) is 29.6 Å². The molecule has 4 rings (SSSR count). The van der Waals surface area contributed by atoms with Gasteiger partial charge in [-0.3, -0.25) is 0 Å². The number of hydrogen-bond donors (Lipinski definition) is 0. The Kier molecular flexibility index (Phi) is 5.10. The van der Waals surface area contributed by atoms with Crippen LogP contribution in [0.1, 0.15) is 51.5 Å². The van der Waals surface area contributed by atoms with Crippen LogP contribution >= 0.6 is 22.6 Å². The predicted molar refractivity (Wildman–Crippen MR) is 105 cm³/mol. The van der Waals surface area contributed by atoms with Crippen molar-refractivity contribution >= 4 is 22.6 Å². The van der Waals surface area contributed by atoms with Crippen LogP contribution in [0.25, 0.3) is 0 Å². The molecule has 2 nitrogen and oxygen atoms in total. The lowest BCUT2D eigenvalue weighted by atomic mass is 9.80. The Morgan fingerprint density at radius 3 is 2.50 bits per heavy atom. The Morgan fingerprint density at radius 2 is 1.79 bits per heavy atom. The van der Waals surface area contributed by atoms with Crippen LogP contribution in [-0.2, 0) is 9.16 Å². The largest absolute Gasteiger partial charge is 0.465 e. The van der Waals surface area contributed by atoms with Crippen molar-refractivity contribution in [3.63, 3.8) is 0 Å². The SMILES string of the molecule is CC(C)C(Oc1ccc(CI)cc1)OC1CC2CC1C1CCCC21. The molecule has 1 aromatic carbocycles. The van der Waals surface area contributed by atoms with Gasteiger partial charge in [0.1, 0.15) is 5.75 Å². The number of rotatable bonds is 6. The first-order chi connectivity index (χ1) is 11.7. The Balaban J connectivity index is 1.41. The van der Waals surface area contributed by atoms with E-state index in [0.29, 0.717) is 12.0 Å². The monoisotopic (exact) mass is 440 g/mol. The van der Waals surface area contributed by atoms with E-state index in [1.54, 1.807) is 0 Å². The average molecular weight is 440 g/mol. The standard InChI is InChI=1S/C21H29IO2/c1-13(2)21(23-16-8-6-14(12-22)7-9-16)24-20-11-15-10-19(20)18-5-3-4-17(15)18/h6-9,13,15,17-21H,3-5,10-12H2,1-2H3. The van der Waals surface area contributed by atoms with E-state index in [0.717, 1.165) is 33.8 Å². The molecule has 132 valence electrons. The summed E-state index contributed by atoms with van der Waals surface area (Å²) in [6, 6.07) is 8.47. The normalized spacial score (nSPS) is 35.4. The first kappa shape index (κ1) is 17.1. The molecule has 1 aromatic rings. The molecule has 6 unspecified atom stereocenters. The van der Waals surface area contributed by atoms with Gasteiger partial charge in [-0.05, 0) is 67.1 Å². The molecule has 0 spiro atoms. The molecule has 24 heavy (non-hydrogen) atoms. The van der Waals surface area contributed by atoms with Crippen molar-refractivity contribution < 1.29 is 9.47 Å². The molecule has 3 aliphatic rings. The summed E-state index contributed by atoms with van der Waals surface area (Å²) >= 11 is 2.39. The quantitative estimate of drug-likeness (QED) is 0.315. The van der Waals surface area contributed by atoms with Gasteiger partial charge in [-0.25, -0.2) is 0 Å². The van der Waals surface area contributed by atoms with Gasteiger partial charge in [-0.15, -0.1) is 0 Å². The summed E-state index contributed by atoms with van der Waals surface area (Å²) in [7, 11) is 0. The van der Waals surface area contributed by atoms with Crippen molar-refractivity contribution in [2.24, 2.45) is 29.6 Å². The molecule has 0 saturated heterocycles. The van der Waals surface area contributed by atoms with Gasteiger partial charge >= 0.3 is 0 Å². The molecule has 3 heteroatoms.